The third kappa shape index (κ3) is 8.06. The van der Waals surface area contributed by atoms with Crippen molar-refractivity contribution in [1.82, 2.24) is 16.0 Å². The van der Waals surface area contributed by atoms with Crippen LogP contribution in [0.15, 0.2) is 66.4 Å². The summed E-state index contributed by atoms with van der Waals surface area (Å²) >= 11 is 0. The van der Waals surface area contributed by atoms with E-state index in [1.54, 1.807) is 54.6 Å². The molecular formula is C24H28N4O4. The molecule has 0 aliphatic carbocycles. The molecule has 168 valence electrons. The normalized spacial score (nSPS) is 12.0. The van der Waals surface area contributed by atoms with Crippen molar-refractivity contribution in [3.8, 4) is 0 Å². The number of hydrogen-bond acceptors (Lipinski definition) is 4. The molecule has 0 radical (unpaired) electrons. The van der Waals surface area contributed by atoms with Crippen molar-refractivity contribution in [3.05, 3.63) is 77.5 Å². The maximum atomic E-state index is 13.1. The van der Waals surface area contributed by atoms with Gasteiger partial charge in [-0.15, -0.1) is 0 Å². The molecule has 0 saturated heterocycles. The Morgan fingerprint density at radius 2 is 1.53 bits per heavy atom. The van der Waals surface area contributed by atoms with Crippen LogP contribution in [-0.4, -0.2) is 36.2 Å². The number of carbonyl (C=O) groups is 4. The molecular weight excluding hydrogens is 408 g/mol. The maximum absolute atomic E-state index is 13.1. The molecule has 0 spiro atoms. The molecule has 0 heterocycles. The lowest BCUT2D eigenvalue weighted by Crippen LogP contribution is -2.50. The van der Waals surface area contributed by atoms with Gasteiger partial charge in [0, 0.05) is 5.56 Å². The lowest BCUT2D eigenvalue weighted by Gasteiger charge is -2.21. The molecule has 4 amide bonds. The van der Waals surface area contributed by atoms with Crippen molar-refractivity contribution in [2.45, 2.75) is 26.3 Å². The largest absolute Gasteiger partial charge is 0.368 e. The van der Waals surface area contributed by atoms with Gasteiger partial charge in [-0.25, -0.2) is 0 Å². The molecule has 2 aromatic rings. The average molecular weight is 437 g/mol. The fraction of sp³-hybridized carbons (Fsp3) is 0.250. The van der Waals surface area contributed by atoms with Gasteiger partial charge in [-0.1, -0.05) is 62.4 Å². The maximum Gasteiger partial charge on any atom is 0.268 e. The topological polar surface area (TPSA) is 130 Å². The Bertz CT molecular complexity index is 972. The minimum Gasteiger partial charge on any atom is -0.368 e. The molecule has 8 nitrogen and oxygen atoms in total. The fourth-order valence-electron chi connectivity index (χ4n) is 2.89. The van der Waals surface area contributed by atoms with E-state index in [0.717, 1.165) is 0 Å². The summed E-state index contributed by atoms with van der Waals surface area (Å²) in [7, 11) is 0. The first-order chi connectivity index (χ1) is 15.3. The summed E-state index contributed by atoms with van der Waals surface area (Å²) in [5.74, 6) is -2.22. The SMILES string of the molecule is CC(C)C[C@H](NC(=O)C(=Cc1ccccc1)NC(=O)c1ccccc1)C(=O)NCC(N)=O. The van der Waals surface area contributed by atoms with Crippen molar-refractivity contribution in [2.24, 2.45) is 11.7 Å². The van der Waals surface area contributed by atoms with Crippen molar-refractivity contribution in [3.63, 3.8) is 0 Å². The van der Waals surface area contributed by atoms with Gasteiger partial charge in [-0.05, 0) is 36.1 Å². The van der Waals surface area contributed by atoms with Crippen LogP contribution in [0.5, 0.6) is 0 Å². The van der Waals surface area contributed by atoms with Crippen LogP contribution in [0.4, 0.5) is 0 Å². The molecule has 0 bridgehead atoms. The van der Waals surface area contributed by atoms with Gasteiger partial charge in [-0.2, -0.15) is 0 Å². The molecule has 8 heteroatoms. The van der Waals surface area contributed by atoms with Gasteiger partial charge in [0.1, 0.15) is 11.7 Å². The zero-order valence-electron chi connectivity index (χ0n) is 18.1. The standard InChI is InChI=1S/C24H28N4O4/c1-16(2)13-19(23(31)26-15-21(25)29)28-24(32)20(14-17-9-5-3-6-10-17)27-22(30)18-11-7-4-8-12-18/h3-12,14,16,19H,13,15H2,1-2H3,(H2,25,29)(H,26,31)(H,27,30)(H,28,32)/t19-/m0/s1. The molecule has 0 aliphatic rings. The summed E-state index contributed by atoms with van der Waals surface area (Å²) < 4.78 is 0. The number of hydrogen-bond donors (Lipinski definition) is 4. The highest BCUT2D eigenvalue weighted by Crippen LogP contribution is 2.10. The molecule has 32 heavy (non-hydrogen) atoms. The first kappa shape index (κ1) is 24.3. The summed E-state index contributed by atoms with van der Waals surface area (Å²) in [5, 5.41) is 7.71. The van der Waals surface area contributed by atoms with Gasteiger partial charge >= 0.3 is 0 Å². The number of carbonyl (C=O) groups excluding carboxylic acids is 4. The lowest BCUT2D eigenvalue weighted by atomic mass is 10.0. The third-order valence-corrected chi connectivity index (χ3v) is 4.41. The Balaban J connectivity index is 2.26. The molecule has 5 N–H and O–H groups in total. The molecule has 1 atom stereocenters. The highest BCUT2D eigenvalue weighted by molar-refractivity contribution is 6.06. The molecule has 0 aliphatic heterocycles. The Kier molecular flexibility index (Phi) is 9.16. The van der Waals surface area contributed by atoms with Crippen LogP contribution in [-0.2, 0) is 14.4 Å². The minimum atomic E-state index is -0.908. The van der Waals surface area contributed by atoms with Gasteiger partial charge in [0.2, 0.25) is 11.8 Å². The van der Waals surface area contributed by atoms with Crippen molar-refractivity contribution in [1.29, 1.82) is 0 Å². The average Bonchev–Trinajstić information content (AvgIpc) is 2.77. The fourth-order valence-corrected chi connectivity index (χ4v) is 2.89. The number of nitrogens with two attached hydrogens (primary N) is 1. The molecule has 0 aromatic heterocycles. The third-order valence-electron chi connectivity index (χ3n) is 4.41. The van der Waals surface area contributed by atoms with Crippen LogP contribution in [0.1, 0.15) is 36.2 Å². The van der Waals surface area contributed by atoms with E-state index in [1.165, 1.54) is 6.08 Å². The number of rotatable bonds is 10. The van der Waals surface area contributed by atoms with Gasteiger partial charge in [-0.3, -0.25) is 19.2 Å². The summed E-state index contributed by atoms with van der Waals surface area (Å²) in [6.45, 7) is 3.47. The van der Waals surface area contributed by atoms with Crippen LogP contribution in [0.25, 0.3) is 6.08 Å². The smallest absolute Gasteiger partial charge is 0.268 e. The van der Waals surface area contributed by atoms with E-state index in [9.17, 15) is 19.2 Å². The van der Waals surface area contributed by atoms with E-state index in [-0.39, 0.29) is 18.2 Å². The lowest BCUT2D eigenvalue weighted by molar-refractivity contribution is -0.129. The van der Waals surface area contributed by atoms with Crippen LogP contribution < -0.4 is 21.7 Å². The second-order valence-electron chi connectivity index (χ2n) is 7.63. The first-order valence-electron chi connectivity index (χ1n) is 10.3. The van der Waals surface area contributed by atoms with Gasteiger partial charge in [0.25, 0.3) is 11.8 Å². The predicted molar refractivity (Wildman–Crippen MR) is 122 cm³/mol. The van der Waals surface area contributed by atoms with Crippen molar-refractivity contribution >= 4 is 29.7 Å². The van der Waals surface area contributed by atoms with Crippen LogP contribution in [0.3, 0.4) is 0 Å². The predicted octanol–water partition coefficient (Wildman–Crippen LogP) is 1.59. The number of primary amides is 1. The second kappa shape index (κ2) is 12.0. The van der Waals surface area contributed by atoms with Crippen LogP contribution >= 0.6 is 0 Å². The van der Waals surface area contributed by atoms with E-state index in [4.69, 9.17) is 5.73 Å². The van der Waals surface area contributed by atoms with E-state index < -0.39 is 29.7 Å². The van der Waals surface area contributed by atoms with Gasteiger partial charge < -0.3 is 21.7 Å². The quantitative estimate of drug-likeness (QED) is 0.421. The van der Waals surface area contributed by atoms with Gasteiger partial charge in [0.05, 0.1) is 6.54 Å². The Morgan fingerprint density at radius 1 is 0.938 bits per heavy atom. The Hall–Kier alpha value is -3.94. The molecule has 0 fully saturated rings. The Labute approximate surface area is 187 Å². The molecule has 2 aromatic carbocycles. The van der Waals surface area contributed by atoms with Crippen LogP contribution in [0, 0.1) is 5.92 Å². The first-order valence-corrected chi connectivity index (χ1v) is 10.3. The van der Waals surface area contributed by atoms with Crippen molar-refractivity contribution < 1.29 is 19.2 Å². The summed E-state index contributed by atoms with van der Waals surface area (Å²) in [5.41, 5.74) is 6.16. The van der Waals surface area contributed by atoms with Crippen molar-refractivity contribution in [2.75, 3.05) is 6.54 Å². The summed E-state index contributed by atoms with van der Waals surface area (Å²) in [6, 6.07) is 16.6. The Morgan fingerprint density at radius 3 is 2.09 bits per heavy atom. The van der Waals surface area contributed by atoms with E-state index in [1.807, 2.05) is 19.9 Å². The second-order valence-corrected chi connectivity index (χ2v) is 7.63. The zero-order chi connectivity index (χ0) is 23.5. The number of nitrogens with one attached hydrogen (secondary N) is 3. The molecule has 0 saturated carbocycles. The van der Waals surface area contributed by atoms with E-state index in [0.29, 0.717) is 17.5 Å². The van der Waals surface area contributed by atoms with Crippen LogP contribution in [0.2, 0.25) is 0 Å². The molecule has 0 unspecified atom stereocenters. The molecule has 2 rings (SSSR count). The van der Waals surface area contributed by atoms with E-state index in [2.05, 4.69) is 16.0 Å². The monoisotopic (exact) mass is 436 g/mol. The summed E-state index contributed by atoms with van der Waals surface area (Å²) in [6.07, 6.45) is 1.87. The highest BCUT2D eigenvalue weighted by atomic mass is 16.2. The number of benzene rings is 2. The minimum absolute atomic E-state index is 0.0125. The highest BCUT2D eigenvalue weighted by Gasteiger charge is 2.24. The van der Waals surface area contributed by atoms with Gasteiger partial charge in [0.15, 0.2) is 0 Å². The number of amides is 4. The zero-order valence-corrected chi connectivity index (χ0v) is 18.1. The summed E-state index contributed by atoms with van der Waals surface area (Å²) in [4.78, 5) is 49.2. The van der Waals surface area contributed by atoms with E-state index >= 15 is 0 Å².